The molecule has 0 bridgehead atoms. The van der Waals surface area contributed by atoms with Gasteiger partial charge in [0, 0.05) is 11.4 Å². The van der Waals surface area contributed by atoms with Crippen LogP contribution >= 0.6 is 11.6 Å². The SMILES string of the molecule is CCCC(CN)C(C)(O)Cc1ccc(Cl)cc1. The lowest BCUT2D eigenvalue weighted by Gasteiger charge is -2.32. The van der Waals surface area contributed by atoms with Crippen molar-refractivity contribution in [1.29, 1.82) is 0 Å². The van der Waals surface area contributed by atoms with E-state index in [1.807, 2.05) is 31.2 Å². The molecule has 0 aromatic heterocycles. The highest BCUT2D eigenvalue weighted by molar-refractivity contribution is 6.30. The van der Waals surface area contributed by atoms with Crippen LogP contribution in [0, 0.1) is 5.92 Å². The number of aliphatic hydroxyl groups is 1. The molecule has 0 fully saturated rings. The first kappa shape index (κ1) is 14.5. The van der Waals surface area contributed by atoms with Gasteiger partial charge in [0.1, 0.15) is 0 Å². The predicted molar refractivity (Wildman–Crippen MR) is 73.2 cm³/mol. The maximum absolute atomic E-state index is 10.5. The number of nitrogens with two attached hydrogens (primary N) is 1. The molecular formula is C14H22ClNO. The minimum absolute atomic E-state index is 0.142. The molecule has 0 saturated heterocycles. The lowest BCUT2D eigenvalue weighted by atomic mass is 9.81. The predicted octanol–water partition coefficient (Wildman–Crippen LogP) is 3.01. The Bertz CT molecular complexity index is 335. The van der Waals surface area contributed by atoms with E-state index in [-0.39, 0.29) is 5.92 Å². The van der Waals surface area contributed by atoms with Crippen molar-refractivity contribution in [2.45, 2.75) is 38.7 Å². The van der Waals surface area contributed by atoms with Crippen LogP contribution in [0.4, 0.5) is 0 Å². The second kappa shape index (κ2) is 6.39. The molecule has 0 aliphatic carbocycles. The van der Waals surface area contributed by atoms with E-state index < -0.39 is 5.60 Å². The minimum Gasteiger partial charge on any atom is -0.389 e. The van der Waals surface area contributed by atoms with Gasteiger partial charge in [0.25, 0.3) is 0 Å². The van der Waals surface area contributed by atoms with Crippen molar-refractivity contribution in [2.24, 2.45) is 11.7 Å². The van der Waals surface area contributed by atoms with Crippen LogP contribution in [-0.4, -0.2) is 17.3 Å². The van der Waals surface area contributed by atoms with E-state index >= 15 is 0 Å². The van der Waals surface area contributed by atoms with Gasteiger partial charge in [0.2, 0.25) is 0 Å². The second-order valence-electron chi connectivity index (χ2n) is 4.88. The van der Waals surface area contributed by atoms with Crippen molar-refractivity contribution in [3.8, 4) is 0 Å². The Morgan fingerprint density at radius 1 is 1.35 bits per heavy atom. The van der Waals surface area contributed by atoms with E-state index in [0.29, 0.717) is 13.0 Å². The molecule has 0 aliphatic rings. The van der Waals surface area contributed by atoms with E-state index in [1.54, 1.807) is 0 Å². The summed E-state index contributed by atoms with van der Waals surface area (Å²) in [6.45, 7) is 4.50. The summed E-state index contributed by atoms with van der Waals surface area (Å²) in [6, 6.07) is 7.61. The van der Waals surface area contributed by atoms with Crippen LogP contribution in [-0.2, 0) is 6.42 Å². The molecular weight excluding hydrogens is 234 g/mol. The van der Waals surface area contributed by atoms with E-state index in [0.717, 1.165) is 23.4 Å². The molecule has 0 saturated carbocycles. The first-order chi connectivity index (χ1) is 7.99. The van der Waals surface area contributed by atoms with Gasteiger partial charge in [-0.25, -0.2) is 0 Å². The van der Waals surface area contributed by atoms with Gasteiger partial charge in [-0.2, -0.15) is 0 Å². The summed E-state index contributed by atoms with van der Waals surface area (Å²) in [5, 5.41) is 11.2. The molecule has 0 amide bonds. The van der Waals surface area contributed by atoms with Crippen LogP contribution in [0.1, 0.15) is 32.3 Å². The van der Waals surface area contributed by atoms with Crippen LogP contribution in [0.5, 0.6) is 0 Å². The van der Waals surface area contributed by atoms with E-state index in [9.17, 15) is 5.11 Å². The molecule has 1 aromatic carbocycles. The summed E-state index contributed by atoms with van der Waals surface area (Å²) in [7, 11) is 0. The van der Waals surface area contributed by atoms with Gasteiger partial charge in [-0.05, 0) is 43.5 Å². The third-order valence-corrected chi connectivity index (χ3v) is 3.53. The molecule has 3 heteroatoms. The van der Waals surface area contributed by atoms with Gasteiger partial charge in [0.05, 0.1) is 5.60 Å². The van der Waals surface area contributed by atoms with Crippen molar-refractivity contribution in [2.75, 3.05) is 6.54 Å². The Balaban J connectivity index is 2.73. The number of halogens is 1. The Morgan fingerprint density at radius 3 is 2.41 bits per heavy atom. The zero-order chi connectivity index (χ0) is 12.9. The van der Waals surface area contributed by atoms with E-state index in [4.69, 9.17) is 17.3 Å². The normalized spacial score (nSPS) is 16.5. The van der Waals surface area contributed by atoms with Crippen LogP contribution in [0.15, 0.2) is 24.3 Å². The standard InChI is InChI=1S/C14H22ClNO/c1-3-4-12(10-16)14(2,17)9-11-5-7-13(15)8-6-11/h5-8,12,17H,3-4,9-10,16H2,1-2H3. The molecule has 2 nitrogen and oxygen atoms in total. The summed E-state index contributed by atoms with van der Waals surface area (Å²) < 4.78 is 0. The maximum Gasteiger partial charge on any atom is 0.0699 e. The second-order valence-corrected chi connectivity index (χ2v) is 5.32. The molecule has 0 aliphatic heterocycles. The largest absolute Gasteiger partial charge is 0.389 e. The third kappa shape index (κ3) is 4.30. The fourth-order valence-electron chi connectivity index (χ4n) is 2.19. The summed E-state index contributed by atoms with van der Waals surface area (Å²) in [5.74, 6) is 0.142. The average Bonchev–Trinajstić information content (AvgIpc) is 2.28. The quantitative estimate of drug-likeness (QED) is 0.821. The summed E-state index contributed by atoms with van der Waals surface area (Å²) >= 11 is 5.84. The summed E-state index contributed by atoms with van der Waals surface area (Å²) in [5.41, 5.74) is 6.08. The van der Waals surface area contributed by atoms with Gasteiger partial charge in [-0.1, -0.05) is 37.1 Å². The Kier molecular flexibility index (Phi) is 5.44. The Hall–Kier alpha value is -0.570. The van der Waals surface area contributed by atoms with Gasteiger partial charge in [-0.15, -0.1) is 0 Å². The number of hydrogen-bond donors (Lipinski definition) is 2. The number of benzene rings is 1. The molecule has 0 radical (unpaired) electrons. The average molecular weight is 256 g/mol. The van der Waals surface area contributed by atoms with Crippen LogP contribution < -0.4 is 5.73 Å². The zero-order valence-corrected chi connectivity index (χ0v) is 11.4. The maximum atomic E-state index is 10.5. The smallest absolute Gasteiger partial charge is 0.0699 e. The van der Waals surface area contributed by atoms with Crippen molar-refractivity contribution in [1.82, 2.24) is 0 Å². The van der Waals surface area contributed by atoms with Crippen LogP contribution in [0.25, 0.3) is 0 Å². The lowest BCUT2D eigenvalue weighted by molar-refractivity contribution is -0.000982. The van der Waals surface area contributed by atoms with Gasteiger partial charge in [-0.3, -0.25) is 0 Å². The van der Waals surface area contributed by atoms with Crippen molar-refractivity contribution in [3.05, 3.63) is 34.9 Å². The molecule has 3 N–H and O–H groups in total. The molecule has 0 spiro atoms. The Morgan fingerprint density at radius 2 is 1.94 bits per heavy atom. The van der Waals surface area contributed by atoms with E-state index in [1.165, 1.54) is 0 Å². The minimum atomic E-state index is -0.751. The molecule has 96 valence electrons. The summed E-state index contributed by atoms with van der Waals surface area (Å²) in [6.07, 6.45) is 2.61. The third-order valence-electron chi connectivity index (χ3n) is 3.28. The monoisotopic (exact) mass is 255 g/mol. The Labute approximate surface area is 109 Å². The molecule has 17 heavy (non-hydrogen) atoms. The first-order valence-electron chi connectivity index (χ1n) is 6.16. The lowest BCUT2D eigenvalue weighted by Crippen LogP contribution is -2.41. The van der Waals surface area contributed by atoms with E-state index in [2.05, 4.69) is 6.92 Å². The van der Waals surface area contributed by atoms with Crippen molar-refractivity contribution >= 4 is 11.6 Å². The van der Waals surface area contributed by atoms with Gasteiger partial charge in [0.15, 0.2) is 0 Å². The topological polar surface area (TPSA) is 46.2 Å². The molecule has 1 rings (SSSR count). The fourth-order valence-corrected chi connectivity index (χ4v) is 2.32. The molecule has 2 atom stereocenters. The summed E-state index contributed by atoms with van der Waals surface area (Å²) in [4.78, 5) is 0. The molecule has 0 heterocycles. The highest BCUT2D eigenvalue weighted by Gasteiger charge is 2.30. The van der Waals surface area contributed by atoms with Crippen LogP contribution in [0.2, 0.25) is 5.02 Å². The highest BCUT2D eigenvalue weighted by atomic mass is 35.5. The molecule has 2 unspecified atom stereocenters. The van der Waals surface area contributed by atoms with Crippen molar-refractivity contribution in [3.63, 3.8) is 0 Å². The molecule has 1 aromatic rings. The van der Waals surface area contributed by atoms with Gasteiger partial charge < -0.3 is 10.8 Å². The fraction of sp³-hybridized carbons (Fsp3) is 0.571. The van der Waals surface area contributed by atoms with Crippen molar-refractivity contribution < 1.29 is 5.11 Å². The highest BCUT2D eigenvalue weighted by Crippen LogP contribution is 2.26. The zero-order valence-electron chi connectivity index (χ0n) is 10.6. The van der Waals surface area contributed by atoms with Gasteiger partial charge >= 0.3 is 0 Å². The van der Waals surface area contributed by atoms with Crippen LogP contribution in [0.3, 0.4) is 0 Å². The number of hydrogen-bond acceptors (Lipinski definition) is 2. The first-order valence-corrected chi connectivity index (χ1v) is 6.54. The number of rotatable bonds is 6.